The van der Waals surface area contributed by atoms with E-state index in [0.29, 0.717) is 69.2 Å². The highest BCUT2D eigenvalue weighted by atomic mass is 32.2. The van der Waals surface area contributed by atoms with Gasteiger partial charge in [0.25, 0.3) is 17.7 Å². The second kappa shape index (κ2) is 38.7. The van der Waals surface area contributed by atoms with Gasteiger partial charge in [-0.2, -0.15) is 29.3 Å². The number of carbonyl (C=O) groups is 6. The Bertz CT molecular complexity index is 5240. The van der Waals surface area contributed by atoms with E-state index in [2.05, 4.69) is 47.5 Å². The van der Waals surface area contributed by atoms with Crippen molar-refractivity contribution < 1.29 is 52.5 Å². The first-order valence-electron chi connectivity index (χ1n) is 33.5. The summed E-state index contributed by atoms with van der Waals surface area (Å²) in [6, 6.07) is 56.4. The standard InChI is InChI=1S/C28H28N4O5S.C27H24N4O2S.C26H24N4O4S/c1-29-27(33)23-8-3-4-9-26(23)38-21-11-12-22-24(13-10-20-7-5-6-14-30-20)31-32(25(22)19-21)28(34)37-18-17-36-16-15-35-2;1-18(2)30(4)27(33)23-10-5-6-11-26(23)34-21-13-14-22-24(15-12-20-9-7-8-16-28-20)29-31(19(3)32)25(22)17-21;1-27-25(31)21-8-3-4-9-24(21)35-19-11-12-20-22(13-10-18-7-5-6-14-28-18)29-30(23(20)17-19)26(32)34-16-15-33-2/h3-14,19H,15-18H2,1-2H3,(H,29,33);5-17H,1H2,2-4H3;3-14,17H,15-16H2,1-2H3,(H,27,31)/b13-10+;15-12+;13-10+. The quantitative estimate of drug-likeness (QED) is 0.0503. The number of carbonyl (C=O) groups excluding carboxylic acids is 6. The number of nitrogens with one attached hydrogen (secondary N) is 2. The first kappa shape index (κ1) is 77.7. The van der Waals surface area contributed by atoms with Gasteiger partial charge in [-0.05, 0) is 171 Å². The Balaban J connectivity index is 0.000000172. The van der Waals surface area contributed by atoms with Crippen molar-refractivity contribution in [2.24, 2.45) is 0 Å². The summed E-state index contributed by atoms with van der Waals surface area (Å²) in [7, 11) is 8.05. The van der Waals surface area contributed by atoms with Crippen LogP contribution in [0.25, 0.3) is 69.2 Å². The molecule has 0 aliphatic heterocycles. The zero-order valence-corrected chi connectivity index (χ0v) is 62.1. The molecule has 0 bridgehead atoms. The van der Waals surface area contributed by atoms with Gasteiger partial charge >= 0.3 is 12.2 Å². The average molecular weight is 1490 g/mol. The molecule has 544 valence electrons. The number of amides is 3. The fourth-order valence-electron chi connectivity index (χ4n) is 10.3. The third-order valence-corrected chi connectivity index (χ3v) is 19.0. The molecule has 3 amide bonds. The van der Waals surface area contributed by atoms with Crippen molar-refractivity contribution in [3.8, 4) is 0 Å². The number of hydrogen-bond acceptors (Lipinski definition) is 20. The van der Waals surface area contributed by atoms with E-state index in [0.717, 1.165) is 62.6 Å². The number of benzene rings is 6. The molecule has 107 heavy (non-hydrogen) atoms. The fraction of sp³-hybridized carbons (Fsp3) is 0.160. The van der Waals surface area contributed by atoms with Crippen molar-refractivity contribution in [2.75, 3.05) is 75.0 Å². The molecule has 2 N–H and O–H groups in total. The molecule has 0 aliphatic rings. The van der Waals surface area contributed by atoms with Gasteiger partial charge in [-0.15, -0.1) is 0 Å². The predicted molar refractivity (Wildman–Crippen MR) is 418 cm³/mol. The molecule has 12 aromatic rings. The van der Waals surface area contributed by atoms with E-state index in [1.807, 2.05) is 206 Å². The Hall–Kier alpha value is -11.9. The number of nitrogens with zero attached hydrogens (tertiary/aromatic N) is 10. The lowest BCUT2D eigenvalue weighted by Crippen LogP contribution is -2.24. The van der Waals surface area contributed by atoms with E-state index in [-0.39, 0.29) is 50.1 Å². The van der Waals surface area contributed by atoms with Crippen LogP contribution in [0.4, 0.5) is 9.59 Å². The summed E-state index contributed by atoms with van der Waals surface area (Å²) in [5.74, 6) is -0.629. The highest BCUT2D eigenvalue weighted by Gasteiger charge is 2.22. The Labute approximate surface area is 630 Å². The maximum absolute atomic E-state index is 13.0. The van der Waals surface area contributed by atoms with Crippen molar-refractivity contribution in [1.82, 2.24) is 59.8 Å². The zero-order valence-electron chi connectivity index (χ0n) is 59.7. The van der Waals surface area contributed by atoms with Crippen LogP contribution in [0.1, 0.15) is 83.9 Å². The molecule has 0 aliphatic carbocycles. The molecule has 6 heterocycles. The Morgan fingerprint density at radius 2 is 0.785 bits per heavy atom. The molecule has 0 spiro atoms. The molecule has 0 radical (unpaired) electrons. The van der Waals surface area contributed by atoms with Crippen LogP contribution >= 0.6 is 35.3 Å². The van der Waals surface area contributed by atoms with Crippen LogP contribution in [-0.4, -0.2) is 160 Å². The van der Waals surface area contributed by atoms with Gasteiger partial charge in [0.2, 0.25) is 5.91 Å². The molecular formula is C81H76N12O11S3. The Morgan fingerprint density at radius 3 is 1.16 bits per heavy atom. The van der Waals surface area contributed by atoms with Crippen molar-refractivity contribution >= 4 is 140 Å². The van der Waals surface area contributed by atoms with E-state index in [1.54, 1.807) is 65.9 Å². The van der Waals surface area contributed by atoms with Gasteiger partial charge in [0.05, 0.1) is 93.8 Å². The largest absolute Gasteiger partial charge is 0.445 e. The van der Waals surface area contributed by atoms with E-state index < -0.39 is 12.2 Å². The SMILES string of the molecule is C=C(C)N(C)C(=O)c1ccccc1Sc1ccc2c(/C=C/c3ccccn3)nn(C(C)=O)c2c1.CNC(=O)c1ccccc1Sc1ccc2c(/C=C/c3ccccn3)nn(C(=O)OCCOC)c2c1.CNC(=O)c1ccccc1Sc1ccc2c(/C=C/c3ccccn3)nn(C(=O)OCCOCCOC)c2c1. The van der Waals surface area contributed by atoms with Crippen LogP contribution in [0.15, 0.2) is 242 Å². The number of allylic oxidation sites excluding steroid dienone is 1. The number of pyridine rings is 3. The molecule has 23 nitrogen and oxygen atoms in total. The van der Waals surface area contributed by atoms with Gasteiger partial charge < -0.3 is 39.2 Å². The molecule has 0 saturated heterocycles. The molecule has 6 aromatic heterocycles. The van der Waals surface area contributed by atoms with E-state index in [1.165, 1.54) is 68.3 Å². The zero-order chi connectivity index (χ0) is 75.6. The summed E-state index contributed by atoms with van der Waals surface area (Å²) in [6.07, 6.45) is 15.0. The average Bonchev–Trinajstić information content (AvgIpc) is 1.66. The van der Waals surface area contributed by atoms with Crippen LogP contribution in [0, 0.1) is 0 Å². The topological polar surface area (TPSA) is 268 Å². The normalized spacial score (nSPS) is 11.2. The van der Waals surface area contributed by atoms with Gasteiger partial charge in [0.1, 0.15) is 13.2 Å². The van der Waals surface area contributed by atoms with E-state index in [9.17, 15) is 28.8 Å². The smallest absolute Gasteiger partial charge is 0.435 e. The summed E-state index contributed by atoms with van der Waals surface area (Å²) in [4.78, 5) is 95.0. The summed E-state index contributed by atoms with van der Waals surface area (Å²) < 4.78 is 29.9. The number of ether oxygens (including phenoxy) is 5. The van der Waals surface area contributed by atoms with Crippen LogP contribution < -0.4 is 10.6 Å². The highest BCUT2D eigenvalue weighted by molar-refractivity contribution is 8.00. The number of rotatable bonds is 25. The van der Waals surface area contributed by atoms with Crippen LogP contribution in [0.2, 0.25) is 0 Å². The Kier molecular flexibility index (Phi) is 28.1. The molecule has 0 fully saturated rings. The third-order valence-electron chi connectivity index (χ3n) is 15.8. The predicted octanol–water partition coefficient (Wildman–Crippen LogP) is 15.5. The minimum atomic E-state index is -0.615. The highest BCUT2D eigenvalue weighted by Crippen LogP contribution is 2.37. The van der Waals surface area contributed by atoms with Gasteiger partial charge in [0.15, 0.2) is 0 Å². The minimum Gasteiger partial charge on any atom is -0.445 e. The summed E-state index contributed by atoms with van der Waals surface area (Å²) in [6.45, 7) is 8.75. The number of hydrogen-bond donors (Lipinski definition) is 2. The maximum atomic E-state index is 13.0. The monoisotopic (exact) mass is 1490 g/mol. The molecule has 0 unspecified atom stereocenters. The van der Waals surface area contributed by atoms with Crippen LogP contribution in [0.5, 0.6) is 0 Å². The van der Waals surface area contributed by atoms with E-state index >= 15 is 0 Å². The first-order chi connectivity index (χ1) is 52.0. The lowest BCUT2D eigenvalue weighted by molar-refractivity contribution is 0.0420. The fourth-order valence-corrected chi connectivity index (χ4v) is 13.3. The summed E-state index contributed by atoms with van der Waals surface area (Å²) >= 11 is 4.33. The Morgan fingerprint density at radius 1 is 0.439 bits per heavy atom. The first-order valence-corrected chi connectivity index (χ1v) is 36.0. The number of aromatic nitrogens is 9. The second-order valence-corrected chi connectivity index (χ2v) is 26.4. The summed E-state index contributed by atoms with van der Waals surface area (Å²) in [5, 5.41) is 21.3. The second-order valence-electron chi connectivity index (χ2n) is 23.1. The number of fused-ring (bicyclic) bond motifs is 3. The molecule has 6 aromatic carbocycles. The van der Waals surface area contributed by atoms with Crippen molar-refractivity contribution in [1.29, 1.82) is 0 Å². The van der Waals surface area contributed by atoms with Gasteiger partial charge in [0, 0.05) is 112 Å². The summed E-state index contributed by atoms with van der Waals surface area (Å²) in [5.41, 5.74) is 8.53. The van der Waals surface area contributed by atoms with Gasteiger partial charge in [-0.25, -0.2) is 9.59 Å². The van der Waals surface area contributed by atoms with Crippen molar-refractivity contribution in [3.05, 3.63) is 264 Å². The van der Waals surface area contributed by atoms with Crippen LogP contribution in [0.3, 0.4) is 0 Å². The van der Waals surface area contributed by atoms with Crippen molar-refractivity contribution in [3.63, 3.8) is 0 Å². The number of methoxy groups -OCH3 is 2. The lowest BCUT2D eigenvalue weighted by atomic mass is 10.2. The molecule has 26 heteroatoms. The third kappa shape index (κ3) is 20.8. The van der Waals surface area contributed by atoms with Crippen LogP contribution in [-0.2, 0) is 23.7 Å². The maximum Gasteiger partial charge on any atom is 0.435 e. The molecule has 0 saturated carbocycles. The van der Waals surface area contributed by atoms with Gasteiger partial charge in [-0.3, -0.25) is 34.1 Å². The molecule has 0 atom stereocenters. The van der Waals surface area contributed by atoms with E-state index in [4.69, 9.17) is 23.7 Å². The molecular weight excluding hydrogens is 1410 g/mol. The van der Waals surface area contributed by atoms with Gasteiger partial charge in [-0.1, -0.05) is 96.5 Å². The minimum absolute atomic E-state index is 0.0803. The lowest BCUT2D eigenvalue weighted by Gasteiger charge is -2.18. The van der Waals surface area contributed by atoms with Crippen molar-refractivity contribution in [2.45, 2.75) is 43.2 Å². The molecule has 12 rings (SSSR count).